The number of amides is 1. The topological polar surface area (TPSA) is 57.6 Å². The fraction of sp³-hybridized carbons (Fsp3) is 0.765. The minimum absolute atomic E-state index is 0.0476. The number of aliphatic carboxylic acids is 1. The molecule has 21 heavy (non-hydrogen) atoms. The lowest BCUT2D eigenvalue weighted by atomic mass is 9.81. The number of fused-ring (bicyclic) bond motifs is 2. The maximum Gasteiger partial charge on any atom is 0.307 e. The van der Waals surface area contributed by atoms with E-state index in [9.17, 15) is 14.7 Å². The maximum atomic E-state index is 13.0. The molecule has 0 aliphatic heterocycles. The van der Waals surface area contributed by atoms with E-state index in [2.05, 4.69) is 26.8 Å². The lowest BCUT2D eigenvalue weighted by Gasteiger charge is -2.34. The van der Waals surface area contributed by atoms with Gasteiger partial charge in [-0.25, -0.2) is 0 Å². The fourth-order valence-corrected chi connectivity index (χ4v) is 3.78. The third kappa shape index (κ3) is 2.99. The molecule has 4 heteroatoms. The number of carbonyl (C=O) groups excluding carboxylic acids is 1. The van der Waals surface area contributed by atoms with E-state index in [1.807, 2.05) is 11.0 Å². The number of unbranched alkanes of at least 4 members (excludes halogenated alkanes) is 1. The van der Waals surface area contributed by atoms with Crippen LogP contribution in [0.15, 0.2) is 12.2 Å². The highest BCUT2D eigenvalue weighted by Crippen LogP contribution is 2.49. The Hall–Kier alpha value is -1.32. The molecule has 1 saturated carbocycles. The highest BCUT2D eigenvalue weighted by molar-refractivity contribution is 5.87. The van der Waals surface area contributed by atoms with E-state index in [1.54, 1.807) is 0 Å². The van der Waals surface area contributed by atoms with Crippen LogP contribution >= 0.6 is 0 Å². The van der Waals surface area contributed by atoms with E-state index >= 15 is 0 Å². The number of hydrogen-bond donors (Lipinski definition) is 1. The number of hydrogen-bond acceptors (Lipinski definition) is 2. The summed E-state index contributed by atoms with van der Waals surface area (Å²) < 4.78 is 0. The average Bonchev–Trinajstić information content (AvgIpc) is 3.07. The quantitative estimate of drug-likeness (QED) is 0.734. The molecule has 0 saturated heterocycles. The van der Waals surface area contributed by atoms with Crippen molar-refractivity contribution in [3.8, 4) is 0 Å². The highest BCUT2D eigenvalue weighted by Gasteiger charge is 2.52. The van der Waals surface area contributed by atoms with Crippen LogP contribution in [0.1, 0.15) is 46.5 Å². The van der Waals surface area contributed by atoms with Crippen molar-refractivity contribution in [3.63, 3.8) is 0 Å². The van der Waals surface area contributed by atoms with Gasteiger partial charge in [0.05, 0.1) is 11.8 Å². The van der Waals surface area contributed by atoms with Crippen LogP contribution in [-0.2, 0) is 9.59 Å². The first kappa shape index (κ1) is 16.1. The summed E-state index contributed by atoms with van der Waals surface area (Å²) in [5.74, 6) is -1.47. The molecule has 0 spiro atoms. The van der Waals surface area contributed by atoms with Crippen molar-refractivity contribution >= 4 is 11.9 Å². The minimum Gasteiger partial charge on any atom is -0.481 e. The van der Waals surface area contributed by atoms with Gasteiger partial charge in [-0.1, -0.05) is 32.4 Å². The van der Waals surface area contributed by atoms with Gasteiger partial charge >= 0.3 is 5.97 Å². The van der Waals surface area contributed by atoms with Crippen LogP contribution in [0.25, 0.3) is 0 Å². The third-order valence-electron chi connectivity index (χ3n) is 5.19. The number of allylic oxidation sites excluding steroid dienone is 2. The van der Waals surface area contributed by atoms with Crippen molar-refractivity contribution in [2.45, 2.75) is 52.5 Å². The van der Waals surface area contributed by atoms with Gasteiger partial charge in [0, 0.05) is 12.6 Å². The first-order valence-electron chi connectivity index (χ1n) is 8.22. The Morgan fingerprint density at radius 2 is 1.86 bits per heavy atom. The lowest BCUT2D eigenvalue weighted by Crippen LogP contribution is -2.47. The Morgan fingerprint density at radius 3 is 2.38 bits per heavy atom. The predicted octanol–water partition coefficient (Wildman–Crippen LogP) is 2.94. The van der Waals surface area contributed by atoms with Crippen LogP contribution in [0.5, 0.6) is 0 Å². The summed E-state index contributed by atoms with van der Waals surface area (Å²) in [4.78, 5) is 26.5. The van der Waals surface area contributed by atoms with Crippen LogP contribution in [0.2, 0.25) is 0 Å². The highest BCUT2D eigenvalue weighted by atomic mass is 16.4. The van der Waals surface area contributed by atoms with Crippen molar-refractivity contribution in [2.24, 2.45) is 23.7 Å². The molecule has 2 bridgehead atoms. The number of carbonyl (C=O) groups is 2. The first-order valence-corrected chi connectivity index (χ1v) is 8.22. The maximum absolute atomic E-state index is 13.0. The molecule has 2 aliphatic carbocycles. The van der Waals surface area contributed by atoms with Crippen LogP contribution in [0, 0.1) is 23.7 Å². The lowest BCUT2D eigenvalue weighted by molar-refractivity contribution is -0.152. The second-order valence-corrected chi connectivity index (χ2v) is 6.48. The second-order valence-electron chi connectivity index (χ2n) is 6.48. The van der Waals surface area contributed by atoms with Crippen LogP contribution in [0.4, 0.5) is 0 Å². The summed E-state index contributed by atoms with van der Waals surface area (Å²) in [5.41, 5.74) is 0. The molecule has 0 aromatic rings. The molecule has 2 aliphatic rings. The Kier molecular flexibility index (Phi) is 5.07. The van der Waals surface area contributed by atoms with Gasteiger partial charge in [-0.05, 0) is 38.0 Å². The van der Waals surface area contributed by atoms with Gasteiger partial charge in [0.15, 0.2) is 0 Å². The normalized spacial score (nSPS) is 31.4. The molecule has 0 radical (unpaired) electrons. The van der Waals surface area contributed by atoms with Gasteiger partial charge in [-0.3, -0.25) is 9.59 Å². The van der Waals surface area contributed by atoms with Crippen LogP contribution < -0.4 is 0 Å². The summed E-state index contributed by atoms with van der Waals surface area (Å²) in [6.45, 7) is 6.99. The van der Waals surface area contributed by atoms with E-state index in [0.717, 1.165) is 32.2 Å². The third-order valence-corrected chi connectivity index (χ3v) is 5.19. The molecule has 0 aromatic carbocycles. The monoisotopic (exact) mass is 293 g/mol. The standard InChI is InChI=1S/C17H27NO3/c1-4-6-9-18(11(3)5-2)16(19)14-12-7-8-13(10-12)15(14)17(20)21/h7-8,11-15H,4-6,9-10H2,1-3H3,(H,20,21)/t11?,12?,13?,14-,15+/m0/s1. The molecular formula is C17H27NO3. The molecule has 0 aromatic heterocycles. The first-order chi connectivity index (χ1) is 10.0. The fourth-order valence-electron chi connectivity index (χ4n) is 3.78. The zero-order valence-corrected chi connectivity index (χ0v) is 13.3. The number of carboxylic acids is 1. The SMILES string of the molecule is CCCCN(C(=O)[C@H]1C2C=CC(C2)[C@H]1C(=O)O)C(C)CC. The van der Waals surface area contributed by atoms with Crippen molar-refractivity contribution < 1.29 is 14.7 Å². The molecule has 118 valence electrons. The molecule has 1 fully saturated rings. The minimum atomic E-state index is -0.815. The van der Waals surface area contributed by atoms with Gasteiger partial charge in [-0.2, -0.15) is 0 Å². The Morgan fingerprint density at radius 1 is 1.24 bits per heavy atom. The molecule has 0 heterocycles. The summed E-state index contributed by atoms with van der Waals surface area (Å²) >= 11 is 0. The molecule has 1 amide bonds. The van der Waals surface area contributed by atoms with Crippen molar-refractivity contribution in [1.29, 1.82) is 0 Å². The summed E-state index contributed by atoms with van der Waals surface area (Å²) in [6.07, 6.45) is 7.80. The zero-order valence-electron chi connectivity index (χ0n) is 13.3. The number of nitrogens with zero attached hydrogens (tertiary/aromatic N) is 1. The summed E-state index contributed by atoms with van der Waals surface area (Å²) in [7, 11) is 0. The molecule has 3 unspecified atom stereocenters. The van der Waals surface area contributed by atoms with E-state index < -0.39 is 11.9 Å². The summed E-state index contributed by atoms with van der Waals surface area (Å²) in [6, 6.07) is 0.182. The molecule has 1 N–H and O–H groups in total. The molecule has 2 rings (SSSR count). The van der Waals surface area contributed by atoms with Gasteiger partial charge < -0.3 is 10.0 Å². The van der Waals surface area contributed by atoms with E-state index in [4.69, 9.17) is 0 Å². The predicted molar refractivity (Wildman–Crippen MR) is 81.7 cm³/mol. The van der Waals surface area contributed by atoms with Crippen molar-refractivity contribution in [2.75, 3.05) is 6.54 Å². The Labute approximate surface area is 127 Å². The van der Waals surface area contributed by atoms with E-state index in [0.29, 0.717) is 0 Å². The Bertz CT molecular complexity index is 432. The molecular weight excluding hydrogens is 266 g/mol. The van der Waals surface area contributed by atoms with E-state index in [1.165, 1.54) is 0 Å². The largest absolute Gasteiger partial charge is 0.481 e. The van der Waals surface area contributed by atoms with Gasteiger partial charge in [-0.15, -0.1) is 0 Å². The molecule has 5 atom stereocenters. The van der Waals surface area contributed by atoms with E-state index in [-0.39, 0.29) is 29.7 Å². The van der Waals surface area contributed by atoms with Crippen LogP contribution in [-0.4, -0.2) is 34.5 Å². The Balaban J connectivity index is 2.19. The second kappa shape index (κ2) is 6.63. The number of rotatable bonds is 7. The van der Waals surface area contributed by atoms with Gasteiger partial charge in [0.2, 0.25) is 5.91 Å². The zero-order chi connectivity index (χ0) is 15.6. The average molecular weight is 293 g/mol. The summed E-state index contributed by atoms with van der Waals surface area (Å²) in [5, 5.41) is 9.50. The number of carboxylic acid groups (broad SMARTS) is 1. The van der Waals surface area contributed by atoms with Crippen molar-refractivity contribution in [3.05, 3.63) is 12.2 Å². The van der Waals surface area contributed by atoms with Crippen molar-refractivity contribution in [1.82, 2.24) is 4.90 Å². The van der Waals surface area contributed by atoms with Gasteiger partial charge in [0.25, 0.3) is 0 Å². The van der Waals surface area contributed by atoms with Gasteiger partial charge in [0.1, 0.15) is 0 Å². The van der Waals surface area contributed by atoms with Crippen LogP contribution in [0.3, 0.4) is 0 Å². The smallest absolute Gasteiger partial charge is 0.307 e. The molecule has 4 nitrogen and oxygen atoms in total.